The molecule has 2 saturated heterocycles. The number of H-pyrrole nitrogens is 2. The molecule has 11 rings (SSSR count). The number of para-hydroxylation sites is 2. The highest BCUT2D eigenvalue weighted by Gasteiger charge is 2.43. The molecular formula is C41H46N8O4. The van der Waals surface area contributed by atoms with Gasteiger partial charge < -0.3 is 19.8 Å². The Labute approximate surface area is 308 Å². The Kier molecular flexibility index (Phi) is 8.46. The van der Waals surface area contributed by atoms with Crippen molar-refractivity contribution in [2.75, 3.05) is 79.5 Å². The van der Waals surface area contributed by atoms with Gasteiger partial charge in [0.15, 0.2) is 0 Å². The van der Waals surface area contributed by atoms with Crippen LogP contribution in [0.2, 0.25) is 0 Å². The Hall–Kier alpha value is -5.20. The van der Waals surface area contributed by atoms with E-state index in [0.717, 1.165) is 116 Å². The number of rotatable bonds is 0. The third-order valence-electron chi connectivity index (χ3n) is 12.1. The molecule has 4 amide bonds. The van der Waals surface area contributed by atoms with E-state index in [4.69, 9.17) is 0 Å². The number of piperazine rings is 2. The van der Waals surface area contributed by atoms with Gasteiger partial charge in [-0.25, -0.2) is 0 Å². The van der Waals surface area contributed by atoms with Gasteiger partial charge in [-0.3, -0.25) is 38.8 Å². The lowest BCUT2D eigenvalue weighted by Gasteiger charge is -2.39. The van der Waals surface area contributed by atoms with Gasteiger partial charge in [0.25, 0.3) is 23.6 Å². The largest absolute Gasteiger partial charge is 0.364 e. The first-order chi connectivity index (χ1) is 25.8. The lowest BCUT2D eigenvalue weighted by Crippen LogP contribution is -2.52. The number of aromatic amines is 2. The van der Waals surface area contributed by atoms with E-state index in [1.54, 1.807) is 14.1 Å². The molecule has 0 radical (unpaired) electrons. The van der Waals surface area contributed by atoms with Crippen LogP contribution in [0.25, 0.3) is 33.0 Å². The van der Waals surface area contributed by atoms with E-state index in [1.807, 2.05) is 48.5 Å². The molecule has 2 N–H and O–H groups in total. The third kappa shape index (κ3) is 5.58. The average molecular weight is 715 g/mol. The zero-order valence-electron chi connectivity index (χ0n) is 30.5. The Morgan fingerprint density at radius 3 is 1.26 bits per heavy atom. The second kappa shape index (κ2) is 13.3. The number of fused-ring (bicyclic) bond motifs is 4. The van der Waals surface area contributed by atoms with Crippen molar-refractivity contribution >= 4 is 56.6 Å². The summed E-state index contributed by atoms with van der Waals surface area (Å²) in [6.45, 7) is 7.68. The monoisotopic (exact) mass is 714 g/mol. The first-order valence-corrected chi connectivity index (χ1v) is 19.1. The highest BCUT2D eigenvalue weighted by Crippen LogP contribution is 2.40. The number of nitrogens with zero attached hydrogens (tertiary/aromatic N) is 6. The van der Waals surface area contributed by atoms with Crippen molar-refractivity contribution in [2.24, 2.45) is 0 Å². The van der Waals surface area contributed by atoms with Crippen molar-refractivity contribution in [3.05, 3.63) is 82.4 Å². The van der Waals surface area contributed by atoms with Crippen LogP contribution in [0.4, 0.5) is 0 Å². The van der Waals surface area contributed by atoms with Crippen molar-refractivity contribution in [3.63, 3.8) is 0 Å². The number of carbonyl (C=O) groups is 4. The molecule has 4 aromatic rings. The molecule has 0 spiro atoms. The van der Waals surface area contributed by atoms with E-state index in [1.165, 1.54) is 9.80 Å². The summed E-state index contributed by atoms with van der Waals surface area (Å²) in [6.07, 6.45) is 4.08. The summed E-state index contributed by atoms with van der Waals surface area (Å²) >= 11 is 0. The van der Waals surface area contributed by atoms with Gasteiger partial charge in [0.1, 0.15) is 11.4 Å². The van der Waals surface area contributed by atoms with Crippen molar-refractivity contribution < 1.29 is 19.2 Å². The second-order valence-corrected chi connectivity index (χ2v) is 15.1. The molecule has 7 aliphatic rings. The zero-order valence-corrected chi connectivity index (χ0v) is 30.5. The molecule has 53 heavy (non-hydrogen) atoms. The zero-order chi connectivity index (χ0) is 36.4. The Morgan fingerprint density at radius 2 is 0.849 bits per heavy atom. The predicted octanol–water partition coefficient (Wildman–Crippen LogP) is 3.27. The van der Waals surface area contributed by atoms with E-state index in [9.17, 15) is 19.2 Å². The maximum Gasteiger partial charge on any atom is 0.277 e. The number of hydrogen-bond donors (Lipinski definition) is 2. The molecule has 274 valence electrons. The second-order valence-electron chi connectivity index (χ2n) is 15.1. The first kappa shape index (κ1) is 33.6. The number of amides is 4. The Balaban J connectivity index is 1.10. The van der Waals surface area contributed by atoms with E-state index < -0.39 is 0 Å². The van der Waals surface area contributed by atoms with Crippen molar-refractivity contribution in [1.29, 1.82) is 0 Å². The average Bonchev–Trinajstić information content (AvgIpc) is 3.86. The van der Waals surface area contributed by atoms with E-state index in [0.29, 0.717) is 48.7 Å². The SMILES string of the molecule is CN1C(=O)C2=C(C1=O)N1CCN(CCN3CCN(CC3)C3=C(C(=O)N(C)C3=O)c3c([nH]c4ccccc34)CCCCCc3[nH]c4ccccc4c32)CC1. The molecule has 9 heterocycles. The number of hydrogen-bond acceptors (Lipinski definition) is 8. The molecule has 0 aliphatic carbocycles. The summed E-state index contributed by atoms with van der Waals surface area (Å²) in [5, 5.41) is 1.92. The van der Waals surface area contributed by atoms with Gasteiger partial charge in [0.2, 0.25) is 0 Å². The maximum absolute atomic E-state index is 14.0. The quantitative estimate of drug-likeness (QED) is 0.267. The van der Waals surface area contributed by atoms with Gasteiger partial charge in [-0.05, 0) is 37.8 Å². The van der Waals surface area contributed by atoms with E-state index in [2.05, 4.69) is 29.6 Å². The van der Waals surface area contributed by atoms with Crippen LogP contribution >= 0.6 is 0 Å². The Bertz CT molecular complexity index is 2070. The lowest BCUT2D eigenvalue weighted by atomic mass is 9.96. The van der Waals surface area contributed by atoms with Crippen molar-refractivity contribution in [3.8, 4) is 0 Å². The number of aryl methyl sites for hydroxylation is 2. The van der Waals surface area contributed by atoms with Gasteiger partial charge in [-0.2, -0.15) is 0 Å². The molecule has 12 heteroatoms. The Morgan fingerprint density at radius 1 is 0.472 bits per heavy atom. The molecule has 2 aromatic carbocycles. The van der Waals surface area contributed by atoms with Gasteiger partial charge in [0.05, 0.1) is 11.1 Å². The van der Waals surface area contributed by atoms with Gasteiger partial charge >= 0.3 is 0 Å². The van der Waals surface area contributed by atoms with Crippen molar-refractivity contribution in [2.45, 2.75) is 32.1 Å². The summed E-state index contributed by atoms with van der Waals surface area (Å²) in [7, 11) is 3.20. The molecule has 0 atom stereocenters. The third-order valence-corrected chi connectivity index (χ3v) is 12.1. The number of aromatic nitrogens is 2. The van der Waals surface area contributed by atoms with Gasteiger partial charge in [-0.1, -0.05) is 42.8 Å². The smallest absolute Gasteiger partial charge is 0.277 e. The summed E-state index contributed by atoms with van der Waals surface area (Å²) in [6, 6.07) is 16.1. The van der Waals surface area contributed by atoms with Crippen LogP contribution in [0, 0.1) is 0 Å². The van der Waals surface area contributed by atoms with Crippen LogP contribution in [0.15, 0.2) is 59.9 Å². The van der Waals surface area contributed by atoms with Crippen molar-refractivity contribution in [1.82, 2.24) is 39.4 Å². The van der Waals surface area contributed by atoms with Gasteiger partial charge in [0, 0.05) is 124 Å². The molecule has 0 saturated carbocycles. The standard InChI is InChI=1S/C41H46N8O4/c1-44-38(50)34-32-26-10-6-8-12-28(26)42-30(32)14-4-3-5-15-31-33(27-11-7-9-13-29(27)43-31)35-37(41(53)45(2)39(35)51)49-24-20-47(21-25-49)17-16-46-18-22-48(23-19-46)36(34)40(44)52/h6-13,42-43H,3-5,14-25H2,1-2H3. The lowest BCUT2D eigenvalue weighted by molar-refractivity contribution is -0.137. The minimum atomic E-state index is -0.242. The molecule has 7 aliphatic heterocycles. The fourth-order valence-corrected chi connectivity index (χ4v) is 9.09. The summed E-state index contributed by atoms with van der Waals surface area (Å²) in [5.41, 5.74) is 7.65. The summed E-state index contributed by atoms with van der Waals surface area (Å²) in [5.74, 6) is -0.936. The molecule has 2 aromatic heterocycles. The number of benzene rings is 2. The molecule has 0 unspecified atom stereocenters. The fourth-order valence-electron chi connectivity index (χ4n) is 9.09. The highest BCUT2D eigenvalue weighted by atomic mass is 16.2. The minimum Gasteiger partial charge on any atom is -0.364 e. The van der Waals surface area contributed by atoms with Crippen LogP contribution in [-0.2, 0) is 32.0 Å². The topological polar surface area (TPSA) is 119 Å². The number of nitrogens with one attached hydrogen (secondary N) is 2. The van der Waals surface area contributed by atoms with Gasteiger partial charge in [-0.15, -0.1) is 0 Å². The van der Waals surface area contributed by atoms with Crippen LogP contribution in [-0.4, -0.2) is 143 Å². The van der Waals surface area contributed by atoms with E-state index in [-0.39, 0.29) is 23.6 Å². The van der Waals surface area contributed by atoms with E-state index >= 15 is 0 Å². The molecular weight excluding hydrogens is 669 g/mol. The first-order valence-electron chi connectivity index (χ1n) is 19.1. The van der Waals surface area contributed by atoms with Crippen LogP contribution in [0.3, 0.4) is 0 Å². The van der Waals surface area contributed by atoms with Crippen LogP contribution < -0.4 is 0 Å². The fraction of sp³-hybridized carbons (Fsp3) is 0.415. The predicted molar refractivity (Wildman–Crippen MR) is 203 cm³/mol. The molecule has 2 fully saturated rings. The van der Waals surface area contributed by atoms with Crippen LogP contribution in [0.5, 0.6) is 0 Å². The maximum atomic E-state index is 14.0. The minimum absolute atomic E-state index is 0.226. The summed E-state index contributed by atoms with van der Waals surface area (Å²) < 4.78 is 0. The number of carbonyl (C=O) groups excluding carboxylic acids is 4. The van der Waals surface area contributed by atoms with Crippen LogP contribution in [0.1, 0.15) is 41.8 Å². The molecule has 12 nitrogen and oxygen atoms in total. The molecule has 4 bridgehead atoms. The number of likely N-dealkylation sites (N-methyl/N-ethyl adjacent to an activating group) is 2. The highest BCUT2D eigenvalue weighted by molar-refractivity contribution is 6.38. The number of imide groups is 2. The summed E-state index contributed by atoms with van der Waals surface area (Å²) in [4.78, 5) is 74.4. The normalized spacial score (nSPS) is 23.5.